The number of rotatable bonds is 4. The van der Waals surface area contributed by atoms with Crippen LogP contribution in [0, 0.1) is 5.92 Å². The van der Waals surface area contributed by atoms with Gasteiger partial charge in [0.05, 0.1) is 22.6 Å². The second-order valence-corrected chi connectivity index (χ2v) is 20.2. The van der Waals surface area contributed by atoms with Crippen LogP contribution in [-0.4, -0.2) is 10.6 Å². The standard InChI is InChI=1S/C55H54N2/c1-52(2,3)35-23-27-37(28-24-35)56(36-25-20-33(21-26-36)34-22-29-40-39-14-10-11-16-43(39)53(4,5)47(40)30-34)38-31-42-41-15-12-17-44-49(41)57-50(42)48(32-38)55(8,9)46-19-13-18-45(51(46)57)54(44,6)7/h10-31,38,40,47H,32H2,1-9H3. The quantitative estimate of drug-likeness (QED) is 0.175. The van der Waals surface area contributed by atoms with Crippen molar-refractivity contribution in [3.05, 3.63) is 177 Å². The van der Waals surface area contributed by atoms with E-state index >= 15 is 0 Å². The van der Waals surface area contributed by atoms with Gasteiger partial charge in [-0.05, 0) is 97.5 Å². The summed E-state index contributed by atoms with van der Waals surface area (Å²) in [4.78, 5) is 2.63. The molecule has 6 aromatic rings. The van der Waals surface area contributed by atoms with Crippen molar-refractivity contribution in [1.82, 2.24) is 4.57 Å². The fourth-order valence-corrected chi connectivity index (χ4v) is 11.8. The van der Waals surface area contributed by atoms with E-state index in [9.17, 15) is 0 Å². The molecule has 2 nitrogen and oxygen atoms in total. The Labute approximate surface area is 338 Å². The summed E-state index contributed by atoms with van der Waals surface area (Å²) in [6.45, 7) is 21.6. The Morgan fingerprint density at radius 1 is 0.649 bits per heavy atom. The average Bonchev–Trinajstić information content (AvgIpc) is 3.65. The van der Waals surface area contributed by atoms with Crippen molar-refractivity contribution in [1.29, 1.82) is 0 Å². The minimum atomic E-state index is -0.124. The highest BCUT2D eigenvalue weighted by Gasteiger charge is 2.46. The minimum Gasteiger partial charge on any atom is -0.334 e. The number of aromatic nitrogens is 1. The summed E-state index contributed by atoms with van der Waals surface area (Å²) in [5.74, 6) is 0.884. The minimum absolute atomic E-state index is 0.0835. The van der Waals surface area contributed by atoms with Crippen LogP contribution in [0.4, 0.5) is 11.4 Å². The fourth-order valence-electron chi connectivity index (χ4n) is 11.8. The molecule has 2 aliphatic heterocycles. The van der Waals surface area contributed by atoms with E-state index in [0.29, 0.717) is 11.8 Å². The van der Waals surface area contributed by atoms with Gasteiger partial charge in [0.1, 0.15) is 0 Å². The van der Waals surface area contributed by atoms with E-state index in [-0.39, 0.29) is 27.7 Å². The summed E-state index contributed by atoms with van der Waals surface area (Å²) in [6.07, 6.45) is 11.0. The summed E-state index contributed by atoms with van der Waals surface area (Å²) < 4.78 is 2.67. The summed E-state index contributed by atoms with van der Waals surface area (Å²) in [5.41, 5.74) is 18.0. The maximum atomic E-state index is 2.67. The van der Waals surface area contributed by atoms with Crippen LogP contribution in [0.3, 0.4) is 0 Å². The molecule has 284 valence electrons. The molecule has 1 aromatic heterocycles. The molecule has 3 heterocycles. The predicted octanol–water partition coefficient (Wildman–Crippen LogP) is 12.0. The zero-order chi connectivity index (χ0) is 39.4. The summed E-state index contributed by atoms with van der Waals surface area (Å²) in [6, 6.07) is 42.2. The van der Waals surface area contributed by atoms with Crippen LogP contribution in [0.5, 0.6) is 0 Å². The molecule has 11 rings (SSSR count). The second-order valence-electron chi connectivity index (χ2n) is 20.2. The largest absolute Gasteiger partial charge is 0.334 e. The molecule has 5 aliphatic rings. The van der Waals surface area contributed by atoms with Gasteiger partial charge in [-0.15, -0.1) is 0 Å². The first-order valence-electron chi connectivity index (χ1n) is 21.2. The number of anilines is 2. The van der Waals surface area contributed by atoms with Gasteiger partial charge in [0, 0.05) is 38.7 Å². The topological polar surface area (TPSA) is 8.17 Å². The third-order valence-electron chi connectivity index (χ3n) is 15.0. The predicted molar refractivity (Wildman–Crippen MR) is 240 cm³/mol. The van der Waals surface area contributed by atoms with Crippen molar-refractivity contribution in [2.45, 2.75) is 102 Å². The SMILES string of the molecule is CC(C)(C)c1ccc(N(c2ccc(C3=CC4C(C=C3)c3ccccc3C4(C)C)cc2)C2C=c3c4n5c6c(cccc36)C(C)(C)c3cccc(c3-5)C(C)(C)C=4C2)cc1. The van der Waals surface area contributed by atoms with Crippen molar-refractivity contribution >= 4 is 39.5 Å². The van der Waals surface area contributed by atoms with Crippen LogP contribution in [0.2, 0.25) is 0 Å². The number of fused-ring (bicyclic) bond motifs is 4. The van der Waals surface area contributed by atoms with E-state index in [1.165, 1.54) is 88.6 Å². The Balaban J connectivity index is 1.07. The maximum Gasteiger partial charge on any atom is 0.0582 e. The van der Waals surface area contributed by atoms with Gasteiger partial charge in [0.25, 0.3) is 0 Å². The fraction of sp³-hybridized carbons (Fsp3) is 0.309. The smallest absolute Gasteiger partial charge is 0.0582 e. The second kappa shape index (κ2) is 11.4. The molecule has 0 saturated heterocycles. The monoisotopic (exact) mass is 742 g/mol. The molecule has 5 aromatic carbocycles. The molecule has 0 saturated carbocycles. The molecule has 3 atom stereocenters. The number of hydrogen-bond acceptors (Lipinski definition) is 1. The molecule has 0 N–H and O–H groups in total. The zero-order valence-electron chi connectivity index (χ0n) is 35.0. The Morgan fingerprint density at radius 2 is 1.28 bits per heavy atom. The molecule has 0 spiro atoms. The van der Waals surface area contributed by atoms with Crippen LogP contribution in [0.15, 0.2) is 127 Å². The average molecular weight is 743 g/mol. The maximum absolute atomic E-state index is 2.67. The highest BCUT2D eigenvalue weighted by molar-refractivity contribution is 5.94. The molecule has 57 heavy (non-hydrogen) atoms. The Kier molecular flexibility index (Phi) is 6.98. The first kappa shape index (κ1) is 34.9. The first-order valence-corrected chi connectivity index (χ1v) is 21.2. The lowest BCUT2D eigenvalue weighted by atomic mass is 9.67. The Morgan fingerprint density at radius 3 is 2.00 bits per heavy atom. The van der Waals surface area contributed by atoms with E-state index in [0.717, 1.165) is 6.42 Å². The third-order valence-corrected chi connectivity index (χ3v) is 15.0. The van der Waals surface area contributed by atoms with Gasteiger partial charge in [-0.2, -0.15) is 0 Å². The van der Waals surface area contributed by atoms with Gasteiger partial charge in [-0.3, -0.25) is 0 Å². The number of hydrogen-bond donors (Lipinski definition) is 0. The molecule has 0 amide bonds. The van der Waals surface area contributed by atoms with E-state index in [2.05, 4.69) is 205 Å². The van der Waals surface area contributed by atoms with Crippen molar-refractivity contribution in [3.8, 4) is 5.69 Å². The van der Waals surface area contributed by atoms with Crippen LogP contribution >= 0.6 is 0 Å². The summed E-state index contributed by atoms with van der Waals surface area (Å²) >= 11 is 0. The van der Waals surface area contributed by atoms with Crippen molar-refractivity contribution in [2.24, 2.45) is 5.92 Å². The van der Waals surface area contributed by atoms with Gasteiger partial charge < -0.3 is 9.47 Å². The lowest BCUT2D eigenvalue weighted by Gasteiger charge is -2.44. The Bertz CT molecular complexity index is 2880. The van der Waals surface area contributed by atoms with Gasteiger partial charge >= 0.3 is 0 Å². The van der Waals surface area contributed by atoms with Gasteiger partial charge in [-0.25, -0.2) is 0 Å². The van der Waals surface area contributed by atoms with Crippen LogP contribution in [0.25, 0.3) is 33.8 Å². The van der Waals surface area contributed by atoms with E-state index in [1.807, 2.05) is 0 Å². The van der Waals surface area contributed by atoms with Gasteiger partial charge in [0.15, 0.2) is 0 Å². The lowest BCUT2D eigenvalue weighted by Crippen LogP contribution is -2.49. The number of allylic oxidation sites excluding steroid dienone is 4. The number of para-hydroxylation sites is 2. The molecule has 3 aliphatic carbocycles. The summed E-state index contributed by atoms with van der Waals surface area (Å²) in [7, 11) is 0. The van der Waals surface area contributed by atoms with Crippen LogP contribution < -0.4 is 15.5 Å². The van der Waals surface area contributed by atoms with Crippen LogP contribution in [0.1, 0.15) is 114 Å². The van der Waals surface area contributed by atoms with Gasteiger partial charge in [0.2, 0.25) is 0 Å². The highest BCUT2D eigenvalue weighted by Crippen LogP contribution is 2.55. The molecule has 3 unspecified atom stereocenters. The third kappa shape index (κ3) is 4.65. The Hall–Kier alpha value is -5.34. The molecular weight excluding hydrogens is 689 g/mol. The molecular formula is C55H54N2. The highest BCUT2D eigenvalue weighted by atomic mass is 15.2. The van der Waals surface area contributed by atoms with E-state index < -0.39 is 0 Å². The van der Waals surface area contributed by atoms with Crippen molar-refractivity contribution in [3.63, 3.8) is 0 Å². The zero-order valence-corrected chi connectivity index (χ0v) is 35.0. The first-order chi connectivity index (χ1) is 27.2. The molecule has 0 bridgehead atoms. The molecule has 0 radical (unpaired) electrons. The van der Waals surface area contributed by atoms with Gasteiger partial charge in [-0.1, -0.05) is 172 Å². The molecule has 0 fully saturated rings. The van der Waals surface area contributed by atoms with Crippen LogP contribution in [-0.2, 0) is 21.7 Å². The van der Waals surface area contributed by atoms with E-state index in [1.54, 1.807) is 0 Å². The molecule has 2 heteroatoms. The lowest BCUT2D eigenvalue weighted by molar-refractivity contribution is 0.395. The van der Waals surface area contributed by atoms with Crippen molar-refractivity contribution in [2.75, 3.05) is 4.90 Å². The number of nitrogens with zero attached hydrogens (tertiary/aromatic N) is 2. The van der Waals surface area contributed by atoms with Crippen molar-refractivity contribution < 1.29 is 0 Å². The van der Waals surface area contributed by atoms with E-state index in [4.69, 9.17) is 0 Å². The normalized spacial score (nSPS) is 22.4. The number of benzene rings is 5. The summed E-state index contributed by atoms with van der Waals surface area (Å²) in [5, 5.41) is 4.20.